The van der Waals surface area contributed by atoms with Gasteiger partial charge < -0.3 is 16.2 Å². The van der Waals surface area contributed by atoms with Crippen LogP contribution in [0.3, 0.4) is 0 Å². The van der Waals surface area contributed by atoms with Gasteiger partial charge in [0.1, 0.15) is 6.33 Å². The summed E-state index contributed by atoms with van der Waals surface area (Å²) in [6.45, 7) is 2.19. The van der Waals surface area contributed by atoms with Gasteiger partial charge in [0, 0.05) is 18.4 Å². The Bertz CT molecular complexity index is 621. The molecule has 0 aliphatic rings. The number of nitrogen functional groups attached to an aromatic ring is 1. The van der Waals surface area contributed by atoms with Crippen LogP contribution in [0.2, 0.25) is 0 Å². The number of anilines is 2. The molecule has 7 heteroatoms. The second kappa shape index (κ2) is 4.97. The fourth-order valence-electron chi connectivity index (χ4n) is 1.72. The number of rotatable bonds is 4. The van der Waals surface area contributed by atoms with E-state index >= 15 is 0 Å². The fraction of sp³-hybridized carbons (Fsp3) is 0.250. The molecule has 1 heterocycles. The van der Waals surface area contributed by atoms with E-state index in [0.717, 1.165) is 5.56 Å². The van der Waals surface area contributed by atoms with Gasteiger partial charge in [-0.05, 0) is 24.6 Å². The standard InChI is InChI=1S/C12H15N5O2/c1-7-3-8(4-9(11(7)13)12(18)19)14-5-10-15-6-17(2)16-10/h3-4,6,14H,5,13H2,1-2H3,(H,18,19). The number of aromatic nitrogens is 3. The van der Waals surface area contributed by atoms with Gasteiger partial charge in [0.15, 0.2) is 5.82 Å². The van der Waals surface area contributed by atoms with Crippen molar-refractivity contribution in [1.29, 1.82) is 0 Å². The summed E-state index contributed by atoms with van der Waals surface area (Å²) in [5, 5.41) is 16.3. The van der Waals surface area contributed by atoms with E-state index in [1.807, 2.05) is 0 Å². The second-order valence-corrected chi connectivity index (χ2v) is 4.25. The van der Waals surface area contributed by atoms with Crippen LogP contribution in [0.4, 0.5) is 11.4 Å². The summed E-state index contributed by atoms with van der Waals surface area (Å²) in [5.41, 5.74) is 7.50. The Morgan fingerprint density at radius 1 is 1.53 bits per heavy atom. The van der Waals surface area contributed by atoms with Gasteiger partial charge in [-0.3, -0.25) is 4.68 Å². The quantitative estimate of drug-likeness (QED) is 0.709. The minimum absolute atomic E-state index is 0.0940. The van der Waals surface area contributed by atoms with Crippen molar-refractivity contribution in [2.45, 2.75) is 13.5 Å². The Morgan fingerprint density at radius 3 is 2.84 bits per heavy atom. The maximum atomic E-state index is 11.1. The molecular weight excluding hydrogens is 246 g/mol. The van der Waals surface area contributed by atoms with Gasteiger partial charge in [-0.25, -0.2) is 9.78 Å². The van der Waals surface area contributed by atoms with Crippen molar-refractivity contribution in [3.8, 4) is 0 Å². The molecule has 1 aromatic heterocycles. The van der Waals surface area contributed by atoms with E-state index in [0.29, 0.717) is 18.1 Å². The molecule has 0 bridgehead atoms. The average molecular weight is 261 g/mol. The lowest BCUT2D eigenvalue weighted by Crippen LogP contribution is -2.08. The lowest BCUT2D eigenvalue weighted by molar-refractivity contribution is 0.0698. The third-order valence-electron chi connectivity index (χ3n) is 2.71. The molecule has 7 nitrogen and oxygen atoms in total. The molecule has 0 saturated heterocycles. The zero-order valence-corrected chi connectivity index (χ0v) is 10.7. The number of aryl methyl sites for hydroxylation is 2. The molecule has 0 atom stereocenters. The van der Waals surface area contributed by atoms with E-state index in [9.17, 15) is 4.79 Å². The van der Waals surface area contributed by atoms with E-state index in [1.165, 1.54) is 6.07 Å². The van der Waals surface area contributed by atoms with Crippen molar-refractivity contribution in [2.24, 2.45) is 7.05 Å². The molecule has 19 heavy (non-hydrogen) atoms. The molecule has 0 saturated carbocycles. The van der Waals surface area contributed by atoms with Gasteiger partial charge in [0.2, 0.25) is 0 Å². The topological polar surface area (TPSA) is 106 Å². The molecule has 2 aromatic rings. The van der Waals surface area contributed by atoms with Crippen LogP contribution in [0.15, 0.2) is 18.5 Å². The van der Waals surface area contributed by atoms with Gasteiger partial charge in [0.25, 0.3) is 0 Å². The number of hydrogen-bond donors (Lipinski definition) is 3. The first-order valence-electron chi connectivity index (χ1n) is 5.69. The monoisotopic (exact) mass is 261 g/mol. The van der Waals surface area contributed by atoms with Crippen LogP contribution >= 0.6 is 0 Å². The lowest BCUT2D eigenvalue weighted by Gasteiger charge is -2.10. The van der Waals surface area contributed by atoms with Crippen molar-refractivity contribution in [3.63, 3.8) is 0 Å². The Balaban J connectivity index is 2.19. The van der Waals surface area contributed by atoms with Crippen LogP contribution in [0.5, 0.6) is 0 Å². The van der Waals surface area contributed by atoms with Crippen LogP contribution in [0.25, 0.3) is 0 Å². The minimum atomic E-state index is -1.04. The Morgan fingerprint density at radius 2 is 2.26 bits per heavy atom. The minimum Gasteiger partial charge on any atom is -0.478 e. The average Bonchev–Trinajstić information content (AvgIpc) is 2.76. The molecule has 0 aliphatic heterocycles. The van der Waals surface area contributed by atoms with Crippen molar-refractivity contribution in [2.75, 3.05) is 11.1 Å². The zero-order valence-electron chi connectivity index (χ0n) is 10.7. The Hall–Kier alpha value is -2.57. The van der Waals surface area contributed by atoms with Gasteiger partial charge in [-0.15, -0.1) is 0 Å². The maximum absolute atomic E-state index is 11.1. The highest BCUT2D eigenvalue weighted by Gasteiger charge is 2.11. The predicted octanol–water partition coefficient (Wildman–Crippen LogP) is 1.02. The summed E-state index contributed by atoms with van der Waals surface area (Å²) >= 11 is 0. The number of aromatic carboxylic acids is 1. The molecule has 0 spiro atoms. The Labute approximate surface area is 110 Å². The zero-order chi connectivity index (χ0) is 14.0. The third kappa shape index (κ3) is 2.82. The number of nitrogens with two attached hydrogens (primary N) is 1. The van der Waals surface area contributed by atoms with Crippen LogP contribution in [-0.2, 0) is 13.6 Å². The van der Waals surface area contributed by atoms with Crippen molar-refractivity contribution in [3.05, 3.63) is 35.4 Å². The summed E-state index contributed by atoms with van der Waals surface area (Å²) in [6, 6.07) is 3.30. The first-order chi connectivity index (χ1) is 8.97. The van der Waals surface area contributed by atoms with E-state index in [4.69, 9.17) is 10.8 Å². The molecule has 4 N–H and O–H groups in total. The summed E-state index contributed by atoms with van der Waals surface area (Å²) in [6.07, 6.45) is 1.61. The number of carbonyl (C=O) groups is 1. The number of carboxylic acids is 1. The lowest BCUT2D eigenvalue weighted by atomic mass is 10.1. The maximum Gasteiger partial charge on any atom is 0.337 e. The van der Waals surface area contributed by atoms with Gasteiger partial charge in [0.05, 0.1) is 12.1 Å². The van der Waals surface area contributed by atoms with Crippen molar-refractivity contribution < 1.29 is 9.90 Å². The highest BCUT2D eigenvalue weighted by atomic mass is 16.4. The molecule has 0 aliphatic carbocycles. The normalized spacial score (nSPS) is 10.4. The summed E-state index contributed by atoms with van der Waals surface area (Å²) in [5.74, 6) is -0.408. The first kappa shape index (κ1) is 12.9. The number of nitrogens with one attached hydrogen (secondary N) is 1. The SMILES string of the molecule is Cc1cc(NCc2ncn(C)n2)cc(C(=O)O)c1N. The van der Waals surface area contributed by atoms with Crippen LogP contribution in [-0.4, -0.2) is 25.8 Å². The van der Waals surface area contributed by atoms with Crippen molar-refractivity contribution in [1.82, 2.24) is 14.8 Å². The summed E-state index contributed by atoms with van der Waals surface area (Å²) in [7, 11) is 1.78. The van der Waals surface area contributed by atoms with Gasteiger partial charge >= 0.3 is 5.97 Å². The van der Waals surface area contributed by atoms with Crippen LogP contribution in [0, 0.1) is 6.92 Å². The van der Waals surface area contributed by atoms with Crippen LogP contribution in [0.1, 0.15) is 21.7 Å². The predicted molar refractivity (Wildman–Crippen MR) is 70.9 cm³/mol. The molecule has 0 unspecified atom stereocenters. The van der Waals surface area contributed by atoms with E-state index < -0.39 is 5.97 Å². The van der Waals surface area contributed by atoms with E-state index in [1.54, 1.807) is 31.0 Å². The molecule has 0 amide bonds. The highest BCUT2D eigenvalue weighted by Crippen LogP contribution is 2.23. The largest absolute Gasteiger partial charge is 0.478 e. The Kier molecular flexibility index (Phi) is 3.37. The molecule has 0 fully saturated rings. The molecule has 0 radical (unpaired) electrons. The summed E-state index contributed by atoms with van der Waals surface area (Å²) in [4.78, 5) is 15.1. The van der Waals surface area contributed by atoms with Gasteiger partial charge in [-0.1, -0.05) is 0 Å². The molecule has 2 rings (SSSR count). The van der Waals surface area contributed by atoms with Crippen LogP contribution < -0.4 is 11.1 Å². The van der Waals surface area contributed by atoms with E-state index in [2.05, 4.69) is 15.4 Å². The number of hydrogen-bond acceptors (Lipinski definition) is 5. The van der Waals surface area contributed by atoms with E-state index in [-0.39, 0.29) is 11.3 Å². The first-order valence-corrected chi connectivity index (χ1v) is 5.69. The smallest absolute Gasteiger partial charge is 0.337 e. The molecular formula is C12H15N5O2. The number of benzene rings is 1. The second-order valence-electron chi connectivity index (χ2n) is 4.25. The number of nitrogens with zero attached hydrogens (tertiary/aromatic N) is 3. The molecule has 100 valence electrons. The number of carboxylic acid groups (broad SMARTS) is 1. The van der Waals surface area contributed by atoms with Crippen molar-refractivity contribution >= 4 is 17.3 Å². The third-order valence-corrected chi connectivity index (χ3v) is 2.71. The summed E-state index contributed by atoms with van der Waals surface area (Å²) < 4.78 is 1.61. The molecule has 1 aromatic carbocycles. The fourth-order valence-corrected chi connectivity index (χ4v) is 1.72. The van der Waals surface area contributed by atoms with Gasteiger partial charge in [-0.2, -0.15) is 5.10 Å². The highest BCUT2D eigenvalue weighted by molar-refractivity contribution is 5.95.